The molecule has 0 atom stereocenters. The Hall–Kier alpha value is -3.68. The summed E-state index contributed by atoms with van der Waals surface area (Å²) in [6.07, 6.45) is 8.19. The zero-order chi connectivity index (χ0) is 24.3. The first-order valence-corrected chi connectivity index (χ1v) is 12.4. The van der Waals surface area contributed by atoms with E-state index in [0.29, 0.717) is 18.4 Å². The second-order valence-electron chi connectivity index (χ2n) is 8.34. The Morgan fingerprint density at radius 2 is 0.943 bits per heavy atom. The number of aromatic nitrogens is 4. The predicted molar refractivity (Wildman–Crippen MR) is 133 cm³/mol. The summed E-state index contributed by atoms with van der Waals surface area (Å²) >= 11 is 0. The molecule has 0 aliphatic carbocycles. The second kappa shape index (κ2) is 12.7. The van der Waals surface area contributed by atoms with Gasteiger partial charge in [0.25, 0.3) is 0 Å². The fourth-order valence-electron chi connectivity index (χ4n) is 3.47. The maximum Gasteiger partial charge on any atom is 0.306 e. The molecule has 8 heteroatoms. The molecule has 0 amide bonds. The monoisotopic (exact) mass is 476 g/mol. The lowest BCUT2D eigenvalue weighted by atomic mass is 10.2. The highest BCUT2D eigenvalue weighted by molar-refractivity contribution is 5.57. The lowest BCUT2D eigenvalue weighted by Crippen LogP contribution is -1.97. The van der Waals surface area contributed by atoms with E-state index in [1.54, 1.807) is 0 Å². The first-order valence-electron chi connectivity index (χ1n) is 12.4. The van der Waals surface area contributed by atoms with Gasteiger partial charge in [0.05, 0.1) is 13.2 Å². The van der Waals surface area contributed by atoms with Gasteiger partial charge in [0.1, 0.15) is 11.5 Å². The van der Waals surface area contributed by atoms with Crippen LogP contribution in [0.4, 0.5) is 0 Å². The third kappa shape index (κ3) is 6.91. The average molecular weight is 477 g/mol. The van der Waals surface area contributed by atoms with Gasteiger partial charge in [-0.25, -0.2) is 0 Å². The van der Waals surface area contributed by atoms with Gasteiger partial charge in [0.2, 0.25) is 11.8 Å². The number of unbranched alkanes of at least 4 members (excludes halogenated alkanes) is 5. The maximum absolute atomic E-state index is 5.82. The first-order chi connectivity index (χ1) is 17.3. The Morgan fingerprint density at radius 3 is 1.43 bits per heavy atom. The SMILES string of the molecule is CCCCCCCOc1ccc(-c2nnc(-c3nnc(-c4ccc(OCCCC)cc4)o3)o2)cc1. The lowest BCUT2D eigenvalue weighted by Gasteiger charge is -2.06. The van der Waals surface area contributed by atoms with Gasteiger partial charge in [0, 0.05) is 11.1 Å². The van der Waals surface area contributed by atoms with Crippen LogP contribution in [-0.4, -0.2) is 33.6 Å². The zero-order valence-corrected chi connectivity index (χ0v) is 20.4. The Bertz CT molecular complexity index is 1150. The predicted octanol–water partition coefficient (Wildman–Crippen LogP) is 6.98. The Balaban J connectivity index is 1.33. The molecule has 2 heterocycles. The van der Waals surface area contributed by atoms with Crippen molar-refractivity contribution in [3.8, 4) is 46.2 Å². The first kappa shape index (κ1) is 24.4. The van der Waals surface area contributed by atoms with Crippen LogP contribution in [0.15, 0.2) is 57.4 Å². The highest BCUT2D eigenvalue weighted by atomic mass is 16.5. The van der Waals surface area contributed by atoms with Gasteiger partial charge in [-0.15, -0.1) is 20.4 Å². The molecule has 2 aromatic carbocycles. The summed E-state index contributed by atoms with van der Waals surface area (Å²) in [4.78, 5) is 0. The molecule has 0 spiro atoms. The quantitative estimate of drug-likeness (QED) is 0.180. The van der Waals surface area contributed by atoms with Crippen LogP contribution >= 0.6 is 0 Å². The molecule has 2 aromatic heterocycles. The summed E-state index contributed by atoms with van der Waals surface area (Å²) in [7, 11) is 0. The minimum Gasteiger partial charge on any atom is -0.494 e. The van der Waals surface area contributed by atoms with Crippen molar-refractivity contribution >= 4 is 0 Å². The van der Waals surface area contributed by atoms with Crippen molar-refractivity contribution in [1.29, 1.82) is 0 Å². The van der Waals surface area contributed by atoms with Crippen LogP contribution in [-0.2, 0) is 0 Å². The smallest absolute Gasteiger partial charge is 0.306 e. The van der Waals surface area contributed by atoms with Crippen LogP contribution in [0.2, 0.25) is 0 Å². The van der Waals surface area contributed by atoms with Crippen LogP contribution in [0.25, 0.3) is 34.7 Å². The molecule has 184 valence electrons. The van der Waals surface area contributed by atoms with Crippen molar-refractivity contribution in [1.82, 2.24) is 20.4 Å². The molecule has 0 saturated heterocycles. The Labute approximate surface area is 205 Å². The van der Waals surface area contributed by atoms with Crippen LogP contribution in [0, 0.1) is 0 Å². The normalized spacial score (nSPS) is 11.0. The molecule has 0 radical (unpaired) electrons. The number of ether oxygens (including phenoxy) is 2. The molecular formula is C27H32N4O4. The van der Waals surface area contributed by atoms with Gasteiger partial charge in [-0.1, -0.05) is 46.0 Å². The van der Waals surface area contributed by atoms with E-state index in [1.165, 1.54) is 25.7 Å². The van der Waals surface area contributed by atoms with E-state index in [2.05, 4.69) is 34.2 Å². The number of benzene rings is 2. The molecule has 0 aliphatic rings. The van der Waals surface area contributed by atoms with E-state index >= 15 is 0 Å². The third-order valence-electron chi connectivity index (χ3n) is 5.52. The van der Waals surface area contributed by atoms with Crippen molar-refractivity contribution in [3.63, 3.8) is 0 Å². The maximum atomic E-state index is 5.82. The molecule has 4 aromatic rings. The van der Waals surface area contributed by atoms with E-state index in [-0.39, 0.29) is 11.8 Å². The van der Waals surface area contributed by atoms with Crippen LogP contribution in [0.5, 0.6) is 11.5 Å². The fourth-order valence-corrected chi connectivity index (χ4v) is 3.47. The highest BCUT2D eigenvalue weighted by Crippen LogP contribution is 2.28. The minimum atomic E-state index is 0.171. The van der Waals surface area contributed by atoms with Crippen LogP contribution in [0.3, 0.4) is 0 Å². The molecule has 0 N–H and O–H groups in total. The largest absolute Gasteiger partial charge is 0.494 e. The van der Waals surface area contributed by atoms with Crippen LogP contribution < -0.4 is 9.47 Å². The van der Waals surface area contributed by atoms with Crippen molar-refractivity contribution < 1.29 is 18.3 Å². The summed E-state index contributed by atoms with van der Waals surface area (Å²) in [5.74, 6) is 2.73. The van der Waals surface area contributed by atoms with E-state index < -0.39 is 0 Å². The molecule has 4 rings (SSSR count). The van der Waals surface area contributed by atoms with Gasteiger partial charge >= 0.3 is 11.8 Å². The molecule has 0 bridgehead atoms. The molecule has 0 fully saturated rings. The number of hydrogen-bond acceptors (Lipinski definition) is 8. The lowest BCUT2D eigenvalue weighted by molar-refractivity contribution is 0.304. The molecule has 0 aliphatic heterocycles. The zero-order valence-electron chi connectivity index (χ0n) is 20.4. The summed E-state index contributed by atoms with van der Waals surface area (Å²) in [5.41, 5.74) is 1.57. The molecule has 0 unspecified atom stereocenters. The number of nitrogens with zero attached hydrogens (tertiary/aromatic N) is 4. The third-order valence-corrected chi connectivity index (χ3v) is 5.52. The van der Waals surface area contributed by atoms with E-state index in [4.69, 9.17) is 18.3 Å². The van der Waals surface area contributed by atoms with Crippen molar-refractivity contribution in [3.05, 3.63) is 48.5 Å². The molecule has 35 heavy (non-hydrogen) atoms. The van der Waals surface area contributed by atoms with Gasteiger partial charge in [0.15, 0.2) is 0 Å². The summed E-state index contributed by atoms with van der Waals surface area (Å²) in [5, 5.41) is 16.4. The Morgan fingerprint density at radius 1 is 0.514 bits per heavy atom. The molecular weight excluding hydrogens is 444 g/mol. The van der Waals surface area contributed by atoms with Gasteiger partial charge < -0.3 is 18.3 Å². The summed E-state index contributed by atoms with van der Waals surface area (Å²) in [6.45, 7) is 5.78. The van der Waals surface area contributed by atoms with Gasteiger partial charge in [-0.3, -0.25) is 0 Å². The van der Waals surface area contributed by atoms with Gasteiger partial charge in [-0.2, -0.15) is 0 Å². The minimum absolute atomic E-state index is 0.171. The van der Waals surface area contributed by atoms with E-state index in [9.17, 15) is 0 Å². The highest BCUT2D eigenvalue weighted by Gasteiger charge is 2.18. The standard InChI is InChI=1S/C27H32N4O4/c1-3-5-7-8-9-19-33-23-16-12-21(13-17-23)25-29-31-27(35-25)26-30-28-24(34-26)20-10-14-22(15-11-20)32-18-6-4-2/h10-17H,3-9,18-19H2,1-2H3. The fraction of sp³-hybridized carbons (Fsp3) is 0.407. The van der Waals surface area contributed by atoms with E-state index in [0.717, 1.165) is 48.5 Å². The molecule has 8 nitrogen and oxygen atoms in total. The average Bonchev–Trinajstić information content (AvgIpc) is 3.58. The van der Waals surface area contributed by atoms with Crippen LogP contribution in [0.1, 0.15) is 58.8 Å². The van der Waals surface area contributed by atoms with Gasteiger partial charge in [-0.05, 0) is 61.4 Å². The van der Waals surface area contributed by atoms with E-state index in [1.807, 2.05) is 48.5 Å². The molecule has 0 saturated carbocycles. The number of rotatable bonds is 14. The van der Waals surface area contributed by atoms with Crippen molar-refractivity contribution in [2.45, 2.75) is 58.8 Å². The van der Waals surface area contributed by atoms with Crippen molar-refractivity contribution in [2.24, 2.45) is 0 Å². The Kier molecular flexibility index (Phi) is 8.86. The summed E-state index contributed by atoms with van der Waals surface area (Å²) in [6, 6.07) is 15.1. The topological polar surface area (TPSA) is 96.3 Å². The summed E-state index contributed by atoms with van der Waals surface area (Å²) < 4.78 is 23.1. The number of hydrogen-bond donors (Lipinski definition) is 0. The second-order valence-corrected chi connectivity index (χ2v) is 8.34. The van der Waals surface area contributed by atoms with Crippen molar-refractivity contribution in [2.75, 3.05) is 13.2 Å².